The van der Waals surface area contributed by atoms with Crippen molar-refractivity contribution < 1.29 is 8.98 Å². The summed E-state index contributed by atoms with van der Waals surface area (Å²) in [5.74, 6) is -0.305. The Morgan fingerprint density at radius 1 is 1.50 bits per heavy atom. The molecular formula is C5H10O2S. The minimum absolute atomic E-state index is 0.305. The molecule has 0 saturated heterocycles. The molecule has 0 aromatic rings. The Kier molecular flexibility index (Phi) is 2.34. The lowest BCUT2D eigenvalue weighted by Gasteiger charge is -2.12. The number of rotatable bonds is 0. The Labute approximate surface area is 54.8 Å². The number of carbonyl (C=O) groups is 1. The fourth-order valence-corrected chi connectivity index (χ4v) is 0.411. The Morgan fingerprint density at radius 3 is 1.88 bits per heavy atom. The van der Waals surface area contributed by atoms with Crippen molar-refractivity contribution in [1.82, 2.24) is 0 Å². The zero-order chi connectivity index (χ0) is 6.78. The molecule has 0 spiro atoms. The van der Waals surface area contributed by atoms with E-state index in [0.29, 0.717) is 0 Å². The first-order chi connectivity index (χ1) is 3.48. The Balaban J connectivity index is 3.82. The lowest BCUT2D eigenvalue weighted by molar-refractivity contribution is -0.141. The standard InChI is InChI=1S/C5H10O2S/c1-5(2,3)4(6)7-8/h8H,1-3H3. The maximum absolute atomic E-state index is 10.5. The molecule has 0 aromatic carbocycles. The van der Waals surface area contributed by atoms with Crippen LogP contribution in [-0.4, -0.2) is 5.97 Å². The van der Waals surface area contributed by atoms with Crippen LogP contribution >= 0.6 is 12.9 Å². The van der Waals surface area contributed by atoms with Crippen molar-refractivity contribution in [2.75, 3.05) is 0 Å². The lowest BCUT2D eigenvalue weighted by Crippen LogP contribution is -2.19. The van der Waals surface area contributed by atoms with Crippen molar-refractivity contribution in [3.63, 3.8) is 0 Å². The van der Waals surface area contributed by atoms with E-state index in [2.05, 4.69) is 17.1 Å². The summed E-state index contributed by atoms with van der Waals surface area (Å²) in [6, 6.07) is 0. The average molecular weight is 134 g/mol. The zero-order valence-electron chi connectivity index (χ0n) is 5.26. The van der Waals surface area contributed by atoms with Gasteiger partial charge in [-0.15, -0.1) is 0 Å². The van der Waals surface area contributed by atoms with E-state index in [4.69, 9.17) is 0 Å². The quantitative estimate of drug-likeness (QED) is 0.400. The first-order valence-corrected chi connectivity index (χ1v) is 2.71. The molecule has 0 amide bonds. The molecule has 0 aliphatic heterocycles. The van der Waals surface area contributed by atoms with Gasteiger partial charge in [-0.05, 0) is 20.8 Å². The normalized spacial score (nSPS) is 11.0. The van der Waals surface area contributed by atoms with E-state index in [1.54, 1.807) is 20.8 Å². The highest BCUT2D eigenvalue weighted by molar-refractivity contribution is 7.75. The first-order valence-electron chi connectivity index (χ1n) is 2.34. The van der Waals surface area contributed by atoms with E-state index in [1.807, 2.05) is 0 Å². The highest BCUT2D eigenvalue weighted by atomic mass is 32.1. The molecule has 0 saturated carbocycles. The van der Waals surface area contributed by atoms with E-state index < -0.39 is 5.41 Å². The van der Waals surface area contributed by atoms with Gasteiger partial charge in [0.2, 0.25) is 0 Å². The molecule has 8 heavy (non-hydrogen) atoms. The van der Waals surface area contributed by atoms with Gasteiger partial charge in [0.05, 0.1) is 5.41 Å². The molecule has 0 bridgehead atoms. The predicted molar refractivity (Wildman–Crippen MR) is 34.5 cm³/mol. The van der Waals surface area contributed by atoms with Crippen molar-refractivity contribution in [3.8, 4) is 0 Å². The van der Waals surface area contributed by atoms with Crippen LogP contribution in [0.2, 0.25) is 0 Å². The van der Waals surface area contributed by atoms with E-state index in [9.17, 15) is 4.79 Å². The Morgan fingerprint density at radius 2 is 1.88 bits per heavy atom. The Hall–Kier alpha value is -0.180. The second-order valence-electron chi connectivity index (χ2n) is 2.63. The fourth-order valence-electron chi connectivity index (χ4n) is 0.137. The van der Waals surface area contributed by atoms with Gasteiger partial charge in [0.15, 0.2) is 0 Å². The van der Waals surface area contributed by atoms with Crippen LogP contribution in [0.15, 0.2) is 0 Å². The summed E-state index contributed by atoms with van der Waals surface area (Å²) < 4.78 is 4.17. The summed E-state index contributed by atoms with van der Waals surface area (Å²) in [7, 11) is 0. The molecule has 0 atom stereocenters. The van der Waals surface area contributed by atoms with Crippen LogP contribution in [-0.2, 0) is 8.98 Å². The molecule has 0 fully saturated rings. The molecule has 48 valence electrons. The fraction of sp³-hybridized carbons (Fsp3) is 0.800. The third kappa shape index (κ3) is 2.21. The van der Waals surface area contributed by atoms with Gasteiger partial charge in [-0.25, -0.2) is 0 Å². The van der Waals surface area contributed by atoms with Crippen molar-refractivity contribution in [1.29, 1.82) is 0 Å². The SMILES string of the molecule is CC(C)(C)C(=O)OS. The van der Waals surface area contributed by atoms with Crippen molar-refractivity contribution in [3.05, 3.63) is 0 Å². The van der Waals surface area contributed by atoms with Crippen LogP contribution in [0.3, 0.4) is 0 Å². The lowest BCUT2D eigenvalue weighted by atomic mass is 9.98. The van der Waals surface area contributed by atoms with Crippen LogP contribution in [0.25, 0.3) is 0 Å². The van der Waals surface area contributed by atoms with E-state index in [-0.39, 0.29) is 5.97 Å². The molecule has 0 heterocycles. The molecule has 0 N–H and O–H groups in total. The zero-order valence-corrected chi connectivity index (χ0v) is 6.16. The van der Waals surface area contributed by atoms with Crippen LogP contribution < -0.4 is 0 Å². The first kappa shape index (κ1) is 7.82. The van der Waals surface area contributed by atoms with Gasteiger partial charge in [0.1, 0.15) is 0 Å². The average Bonchev–Trinajstić information content (AvgIpc) is 1.62. The third-order valence-electron chi connectivity index (χ3n) is 0.695. The molecule has 3 heteroatoms. The van der Waals surface area contributed by atoms with E-state index in [0.717, 1.165) is 0 Å². The van der Waals surface area contributed by atoms with Gasteiger partial charge in [-0.1, -0.05) is 0 Å². The minimum atomic E-state index is -0.429. The summed E-state index contributed by atoms with van der Waals surface area (Å²) in [4.78, 5) is 10.5. The van der Waals surface area contributed by atoms with Crippen molar-refractivity contribution in [2.24, 2.45) is 5.41 Å². The summed E-state index contributed by atoms with van der Waals surface area (Å²) in [6.07, 6.45) is 0. The summed E-state index contributed by atoms with van der Waals surface area (Å²) in [5.41, 5.74) is -0.429. The van der Waals surface area contributed by atoms with E-state index in [1.165, 1.54) is 0 Å². The van der Waals surface area contributed by atoms with Gasteiger partial charge in [-0.3, -0.25) is 4.79 Å². The van der Waals surface area contributed by atoms with E-state index >= 15 is 0 Å². The maximum Gasteiger partial charge on any atom is 0.323 e. The Bertz CT molecular complexity index is 93.1. The monoisotopic (exact) mass is 134 g/mol. The maximum atomic E-state index is 10.5. The summed E-state index contributed by atoms with van der Waals surface area (Å²) in [6.45, 7) is 5.31. The van der Waals surface area contributed by atoms with Gasteiger partial charge < -0.3 is 4.18 Å². The predicted octanol–water partition coefficient (Wildman–Crippen LogP) is 1.42. The van der Waals surface area contributed by atoms with Crippen LogP contribution in [0, 0.1) is 5.41 Å². The highest BCUT2D eigenvalue weighted by Crippen LogP contribution is 2.15. The number of thiol groups is 1. The van der Waals surface area contributed by atoms with Gasteiger partial charge >= 0.3 is 5.97 Å². The summed E-state index contributed by atoms with van der Waals surface area (Å²) >= 11 is 3.36. The minimum Gasteiger partial charge on any atom is -0.394 e. The number of carbonyl (C=O) groups excluding carboxylic acids is 1. The molecule has 0 rings (SSSR count). The topological polar surface area (TPSA) is 26.3 Å². The van der Waals surface area contributed by atoms with Crippen molar-refractivity contribution >= 4 is 18.9 Å². The number of hydrogen-bond acceptors (Lipinski definition) is 3. The van der Waals surface area contributed by atoms with Gasteiger partial charge in [0.25, 0.3) is 0 Å². The van der Waals surface area contributed by atoms with Crippen LogP contribution in [0.4, 0.5) is 0 Å². The molecule has 0 aliphatic rings. The molecular weight excluding hydrogens is 124 g/mol. The molecule has 0 radical (unpaired) electrons. The summed E-state index contributed by atoms with van der Waals surface area (Å²) in [5, 5.41) is 0. The third-order valence-corrected chi connectivity index (χ3v) is 0.861. The van der Waals surface area contributed by atoms with Crippen LogP contribution in [0.1, 0.15) is 20.8 Å². The molecule has 2 nitrogen and oxygen atoms in total. The second kappa shape index (κ2) is 2.40. The second-order valence-corrected chi connectivity index (χ2v) is 2.81. The molecule has 0 aromatic heterocycles. The van der Waals surface area contributed by atoms with Crippen LogP contribution in [0.5, 0.6) is 0 Å². The van der Waals surface area contributed by atoms with Crippen molar-refractivity contribution in [2.45, 2.75) is 20.8 Å². The number of hydrogen-bond donors (Lipinski definition) is 1. The molecule has 0 unspecified atom stereocenters. The molecule has 0 aliphatic carbocycles. The smallest absolute Gasteiger partial charge is 0.323 e. The largest absolute Gasteiger partial charge is 0.394 e. The highest BCUT2D eigenvalue weighted by Gasteiger charge is 2.21. The van der Waals surface area contributed by atoms with Gasteiger partial charge in [0, 0.05) is 12.9 Å². The van der Waals surface area contributed by atoms with Gasteiger partial charge in [-0.2, -0.15) is 0 Å².